The van der Waals surface area contributed by atoms with Gasteiger partial charge in [0.05, 0.1) is 11.2 Å². The Kier molecular flexibility index (Phi) is 5.43. The maximum atomic E-state index is 10.0. The molecule has 1 aliphatic rings. The molecule has 3 rings (SSSR count). The Morgan fingerprint density at radius 2 is 1.64 bits per heavy atom. The van der Waals surface area contributed by atoms with Gasteiger partial charge in [0.25, 0.3) is 0 Å². The van der Waals surface area contributed by atoms with Crippen molar-refractivity contribution < 1.29 is 14.4 Å². The first kappa shape index (κ1) is 21.0. The lowest BCUT2D eigenvalue weighted by Crippen LogP contribution is -2.41. The summed E-state index contributed by atoms with van der Waals surface area (Å²) in [7, 11) is -0.387. The van der Waals surface area contributed by atoms with E-state index in [1.54, 1.807) is 0 Å². The van der Waals surface area contributed by atoms with E-state index in [1.807, 2.05) is 12.4 Å². The van der Waals surface area contributed by atoms with Crippen molar-refractivity contribution in [1.82, 2.24) is 9.97 Å². The van der Waals surface area contributed by atoms with E-state index in [0.717, 1.165) is 22.2 Å². The van der Waals surface area contributed by atoms with Crippen LogP contribution in [0.15, 0.2) is 36.9 Å². The van der Waals surface area contributed by atoms with Crippen molar-refractivity contribution in [3.05, 3.63) is 53.6 Å². The van der Waals surface area contributed by atoms with Crippen LogP contribution in [0.5, 0.6) is 0 Å². The van der Waals surface area contributed by atoms with Crippen molar-refractivity contribution in [2.45, 2.75) is 65.6 Å². The van der Waals surface area contributed by atoms with Crippen molar-refractivity contribution in [1.29, 1.82) is 0 Å². The molecule has 5 nitrogen and oxygen atoms in total. The Balaban J connectivity index is 1.99. The van der Waals surface area contributed by atoms with Crippen LogP contribution in [0.4, 0.5) is 0 Å². The second-order valence-corrected chi connectivity index (χ2v) is 9.46. The van der Waals surface area contributed by atoms with Crippen molar-refractivity contribution in [2.24, 2.45) is 5.41 Å². The molecule has 0 bridgehead atoms. The van der Waals surface area contributed by atoms with E-state index in [0.29, 0.717) is 0 Å². The van der Waals surface area contributed by atoms with E-state index >= 15 is 0 Å². The number of nitrogens with zero attached hydrogens (tertiary/aromatic N) is 2. The van der Waals surface area contributed by atoms with E-state index in [9.17, 15) is 5.11 Å². The number of aromatic nitrogens is 2. The summed E-state index contributed by atoms with van der Waals surface area (Å²) in [6.45, 7) is 14.5. The number of hydrogen-bond donors (Lipinski definition) is 1. The molecule has 1 saturated heterocycles. The topological polar surface area (TPSA) is 64.5 Å². The van der Waals surface area contributed by atoms with Crippen LogP contribution in [-0.2, 0) is 9.31 Å². The quantitative estimate of drug-likeness (QED) is 0.805. The lowest BCUT2D eigenvalue weighted by atomic mass is 9.69. The molecular formula is C22H31BN2O3. The van der Waals surface area contributed by atoms with Crippen LogP contribution < -0.4 is 5.46 Å². The molecule has 1 fully saturated rings. The highest BCUT2D eigenvalue weighted by molar-refractivity contribution is 6.62. The molecule has 28 heavy (non-hydrogen) atoms. The van der Waals surface area contributed by atoms with Gasteiger partial charge in [-0.1, -0.05) is 32.0 Å². The van der Waals surface area contributed by atoms with Gasteiger partial charge in [0.1, 0.15) is 6.33 Å². The first-order valence-corrected chi connectivity index (χ1v) is 9.80. The number of rotatable bonds is 5. The van der Waals surface area contributed by atoms with Gasteiger partial charge < -0.3 is 14.4 Å². The van der Waals surface area contributed by atoms with E-state index in [4.69, 9.17) is 9.31 Å². The maximum Gasteiger partial charge on any atom is 0.494 e. The van der Waals surface area contributed by atoms with Crippen molar-refractivity contribution in [2.75, 3.05) is 6.61 Å². The van der Waals surface area contributed by atoms with Gasteiger partial charge in [-0.05, 0) is 62.2 Å². The van der Waals surface area contributed by atoms with Crippen LogP contribution in [0.1, 0.15) is 64.2 Å². The molecule has 1 unspecified atom stereocenters. The van der Waals surface area contributed by atoms with Crippen molar-refractivity contribution >= 4 is 12.6 Å². The fraction of sp³-hybridized carbons (Fsp3) is 0.545. The van der Waals surface area contributed by atoms with Crippen LogP contribution in [0.2, 0.25) is 0 Å². The number of aliphatic hydroxyl groups excluding tert-OH is 1. The van der Waals surface area contributed by atoms with Crippen LogP contribution in [0.25, 0.3) is 0 Å². The summed E-state index contributed by atoms with van der Waals surface area (Å²) in [5, 5.41) is 10.0. The summed E-state index contributed by atoms with van der Waals surface area (Å²) < 4.78 is 12.4. The van der Waals surface area contributed by atoms with E-state index in [-0.39, 0.29) is 36.3 Å². The highest BCUT2D eigenvalue weighted by Gasteiger charge is 2.51. The van der Waals surface area contributed by atoms with Crippen LogP contribution >= 0.6 is 0 Å². The second-order valence-electron chi connectivity index (χ2n) is 9.46. The summed E-state index contributed by atoms with van der Waals surface area (Å²) in [4.78, 5) is 8.38. The molecule has 2 aromatic rings. The highest BCUT2D eigenvalue weighted by atomic mass is 16.7. The molecule has 2 heterocycles. The second kappa shape index (κ2) is 7.25. The van der Waals surface area contributed by atoms with Crippen molar-refractivity contribution in [3.63, 3.8) is 0 Å². The number of aryl methyl sites for hydroxylation is 1. The number of benzene rings is 1. The minimum atomic E-state index is -0.387. The number of hydrogen-bond acceptors (Lipinski definition) is 5. The predicted molar refractivity (Wildman–Crippen MR) is 112 cm³/mol. The van der Waals surface area contributed by atoms with Gasteiger partial charge in [0.2, 0.25) is 0 Å². The molecule has 0 aliphatic carbocycles. The molecule has 0 amide bonds. The first-order valence-electron chi connectivity index (χ1n) is 9.80. The molecular weight excluding hydrogens is 351 g/mol. The van der Waals surface area contributed by atoms with Crippen LogP contribution in [0.3, 0.4) is 0 Å². The van der Waals surface area contributed by atoms with Gasteiger partial charge in [-0.15, -0.1) is 0 Å². The van der Waals surface area contributed by atoms with Gasteiger partial charge >= 0.3 is 7.12 Å². The van der Waals surface area contributed by atoms with Crippen LogP contribution in [-0.4, -0.2) is 40.0 Å². The Bertz CT molecular complexity index is 821. The monoisotopic (exact) mass is 382 g/mol. The molecule has 1 aliphatic heterocycles. The number of aliphatic hydroxyl groups is 1. The molecule has 0 radical (unpaired) electrons. The lowest BCUT2D eigenvalue weighted by molar-refractivity contribution is 0.00578. The highest BCUT2D eigenvalue weighted by Crippen LogP contribution is 2.41. The summed E-state index contributed by atoms with van der Waals surface area (Å²) in [5.41, 5.74) is 3.18. The van der Waals surface area contributed by atoms with Gasteiger partial charge in [0, 0.05) is 24.9 Å². The average Bonchev–Trinajstić information content (AvgIpc) is 2.85. The van der Waals surface area contributed by atoms with Gasteiger partial charge in [-0.25, -0.2) is 9.97 Å². The minimum absolute atomic E-state index is 0.0222. The molecule has 0 spiro atoms. The summed E-state index contributed by atoms with van der Waals surface area (Å²) in [5.74, 6) is -0.0222. The molecule has 1 N–H and O–H groups in total. The molecule has 150 valence electrons. The molecule has 0 saturated carbocycles. The largest absolute Gasteiger partial charge is 0.494 e. The van der Waals surface area contributed by atoms with E-state index in [1.165, 1.54) is 6.33 Å². The summed E-state index contributed by atoms with van der Waals surface area (Å²) >= 11 is 0. The third-order valence-corrected chi connectivity index (χ3v) is 6.23. The Morgan fingerprint density at radius 1 is 1.07 bits per heavy atom. The molecule has 6 heteroatoms. The Hall–Kier alpha value is -1.76. The summed E-state index contributed by atoms with van der Waals surface area (Å²) in [6, 6.07) is 6.31. The first-order chi connectivity index (χ1) is 13.0. The average molecular weight is 382 g/mol. The Labute approximate surface area is 168 Å². The maximum absolute atomic E-state index is 10.0. The lowest BCUT2D eigenvalue weighted by Gasteiger charge is -2.34. The zero-order chi connectivity index (χ0) is 20.7. The van der Waals surface area contributed by atoms with E-state index < -0.39 is 0 Å². The summed E-state index contributed by atoms with van der Waals surface area (Å²) in [6.07, 6.45) is 5.19. The van der Waals surface area contributed by atoms with Crippen molar-refractivity contribution in [3.8, 4) is 0 Å². The predicted octanol–water partition coefficient (Wildman–Crippen LogP) is 3.23. The van der Waals surface area contributed by atoms with Gasteiger partial charge in [-0.2, -0.15) is 0 Å². The zero-order valence-electron chi connectivity index (χ0n) is 18.0. The smallest absolute Gasteiger partial charge is 0.399 e. The SMILES string of the molecule is Cc1cc(B2OC(C)(C)C(C)(C)O2)ccc1C(c1cncnc1)C(C)(C)CO. The zero-order valence-corrected chi connectivity index (χ0v) is 18.0. The van der Waals surface area contributed by atoms with Gasteiger partial charge in [0.15, 0.2) is 0 Å². The molecule has 1 aromatic heterocycles. The normalized spacial score (nSPS) is 19.6. The fourth-order valence-electron chi connectivity index (χ4n) is 3.75. The standard InChI is InChI=1S/C22H31BN2O3/c1-15-10-17(23-27-21(4,5)22(6,7)28-23)8-9-18(15)19(20(2,3)13-26)16-11-24-14-25-12-16/h8-12,14,19,26H,13H2,1-7H3. The third-order valence-electron chi connectivity index (χ3n) is 6.23. The third kappa shape index (κ3) is 3.73. The van der Waals surface area contributed by atoms with E-state index in [2.05, 4.69) is 76.6 Å². The fourth-order valence-corrected chi connectivity index (χ4v) is 3.75. The van der Waals surface area contributed by atoms with Gasteiger partial charge in [-0.3, -0.25) is 0 Å². The molecule has 1 aromatic carbocycles. The minimum Gasteiger partial charge on any atom is -0.399 e. The Morgan fingerprint density at radius 3 is 2.14 bits per heavy atom. The van der Waals surface area contributed by atoms with Crippen LogP contribution in [0, 0.1) is 12.3 Å². The molecule has 1 atom stereocenters.